The Morgan fingerprint density at radius 1 is 1.64 bits per heavy atom. The van der Waals surface area contributed by atoms with E-state index in [9.17, 15) is 0 Å². The van der Waals surface area contributed by atoms with Crippen molar-refractivity contribution in [1.29, 1.82) is 5.26 Å². The summed E-state index contributed by atoms with van der Waals surface area (Å²) in [5, 5.41) is 8.79. The summed E-state index contributed by atoms with van der Waals surface area (Å²) in [6.45, 7) is 0. The molecule has 0 aliphatic carbocycles. The Morgan fingerprint density at radius 3 is 3.07 bits per heavy atom. The van der Waals surface area contributed by atoms with Crippen LogP contribution in [-0.4, -0.2) is 21.5 Å². The highest BCUT2D eigenvalue weighted by atomic mass is 79.9. The van der Waals surface area contributed by atoms with Crippen molar-refractivity contribution in [3.63, 3.8) is 0 Å². The molecule has 0 saturated carbocycles. The van der Waals surface area contributed by atoms with Gasteiger partial charge in [-0.1, -0.05) is 0 Å². The number of aromatic nitrogens is 3. The molecule has 0 saturated heterocycles. The van der Waals surface area contributed by atoms with Crippen molar-refractivity contribution in [1.82, 2.24) is 14.4 Å². The second-order valence-corrected chi connectivity index (χ2v) is 3.33. The largest absolute Gasteiger partial charge is 0.478 e. The van der Waals surface area contributed by atoms with Crippen molar-refractivity contribution in [2.24, 2.45) is 0 Å². The van der Waals surface area contributed by atoms with Crippen LogP contribution in [0, 0.1) is 11.3 Å². The van der Waals surface area contributed by atoms with E-state index in [1.165, 1.54) is 13.3 Å². The van der Waals surface area contributed by atoms with Gasteiger partial charge in [-0.2, -0.15) is 5.26 Å². The first-order valence-corrected chi connectivity index (χ1v) is 4.53. The molecule has 70 valence electrons. The maximum absolute atomic E-state index is 8.79. The monoisotopic (exact) mass is 252 g/mol. The number of hydrogen-bond donors (Lipinski definition) is 0. The van der Waals surface area contributed by atoms with E-state index in [1.54, 1.807) is 10.6 Å². The van der Waals surface area contributed by atoms with Gasteiger partial charge in [-0.15, -0.1) is 0 Å². The van der Waals surface area contributed by atoms with Crippen molar-refractivity contribution in [2.45, 2.75) is 0 Å². The summed E-state index contributed by atoms with van der Waals surface area (Å²) in [6, 6.07) is 2.02. The lowest BCUT2D eigenvalue weighted by Gasteiger charge is -2.01. The quantitative estimate of drug-likeness (QED) is 0.769. The molecule has 0 N–H and O–H groups in total. The van der Waals surface area contributed by atoms with Crippen LogP contribution in [0.3, 0.4) is 0 Å². The molecule has 0 amide bonds. The van der Waals surface area contributed by atoms with E-state index in [0.29, 0.717) is 21.8 Å². The Labute approximate surface area is 88.1 Å². The molecule has 0 aromatic carbocycles. The summed E-state index contributed by atoms with van der Waals surface area (Å²) in [7, 11) is 1.51. The zero-order valence-electron chi connectivity index (χ0n) is 7.23. The summed E-state index contributed by atoms with van der Waals surface area (Å²) >= 11 is 3.22. The van der Waals surface area contributed by atoms with Crippen LogP contribution in [0.15, 0.2) is 17.0 Å². The van der Waals surface area contributed by atoms with Gasteiger partial charge in [-0.05, 0) is 15.9 Å². The van der Waals surface area contributed by atoms with E-state index >= 15 is 0 Å². The molecule has 0 spiro atoms. The van der Waals surface area contributed by atoms with Crippen LogP contribution in [0.1, 0.15) is 5.69 Å². The number of halogens is 1. The summed E-state index contributed by atoms with van der Waals surface area (Å²) in [6.07, 6.45) is 3.15. The fourth-order valence-corrected chi connectivity index (χ4v) is 1.52. The van der Waals surface area contributed by atoms with E-state index in [2.05, 4.69) is 25.9 Å². The minimum atomic E-state index is 0.390. The lowest BCUT2D eigenvalue weighted by Crippen LogP contribution is -1.96. The minimum Gasteiger partial charge on any atom is -0.478 e. The van der Waals surface area contributed by atoms with Gasteiger partial charge in [0.2, 0.25) is 5.65 Å². The predicted molar refractivity (Wildman–Crippen MR) is 52.0 cm³/mol. The number of rotatable bonds is 1. The molecule has 0 fully saturated rings. The molecule has 0 atom stereocenters. The second-order valence-electron chi connectivity index (χ2n) is 2.52. The van der Waals surface area contributed by atoms with E-state index in [1.807, 2.05) is 6.07 Å². The predicted octanol–water partition coefficient (Wildman–Crippen LogP) is 1.37. The number of imidazole rings is 1. The third-order valence-electron chi connectivity index (χ3n) is 1.74. The molecule has 0 radical (unpaired) electrons. The highest BCUT2D eigenvalue weighted by molar-refractivity contribution is 9.10. The van der Waals surface area contributed by atoms with E-state index < -0.39 is 0 Å². The Balaban J connectivity index is 2.85. The Hall–Kier alpha value is -1.61. The Morgan fingerprint density at radius 2 is 2.43 bits per heavy atom. The van der Waals surface area contributed by atoms with Gasteiger partial charge in [0.25, 0.3) is 5.88 Å². The van der Waals surface area contributed by atoms with Crippen molar-refractivity contribution in [3.05, 3.63) is 22.7 Å². The molecule has 14 heavy (non-hydrogen) atoms. The van der Waals surface area contributed by atoms with Crippen LogP contribution in [0.5, 0.6) is 5.88 Å². The van der Waals surface area contributed by atoms with E-state index in [0.717, 1.165) is 0 Å². The zero-order valence-corrected chi connectivity index (χ0v) is 8.82. The van der Waals surface area contributed by atoms with Gasteiger partial charge in [0.1, 0.15) is 16.4 Å². The summed E-state index contributed by atoms with van der Waals surface area (Å²) in [5.41, 5.74) is 0.980. The molecular formula is C8H5BrN4O. The lowest BCUT2D eigenvalue weighted by molar-refractivity contribution is 0.399. The molecule has 2 aromatic rings. The van der Waals surface area contributed by atoms with E-state index in [-0.39, 0.29) is 0 Å². The van der Waals surface area contributed by atoms with E-state index in [4.69, 9.17) is 10.00 Å². The SMILES string of the molecule is COc1nc(Br)cn2c(C#N)cnc12. The molecular weight excluding hydrogens is 248 g/mol. The number of nitrogens with zero attached hydrogens (tertiary/aromatic N) is 4. The number of hydrogen-bond acceptors (Lipinski definition) is 4. The van der Waals surface area contributed by atoms with Crippen LogP contribution in [0.4, 0.5) is 0 Å². The van der Waals surface area contributed by atoms with Crippen LogP contribution in [-0.2, 0) is 0 Å². The highest BCUT2D eigenvalue weighted by Crippen LogP contribution is 2.19. The molecule has 0 aliphatic rings. The number of nitriles is 1. The maximum Gasteiger partial charge on any atom is 0.259 e. The summed E-state index contributed by atoms with van der Waals surface area (Å²) in [4.78, 5) is 8.10. The first-order valence-electron chi connectivity index (χ1n) is 3.74. The molecule has 5 nitrogen and oxygen atoms in total. The van der Waals surface area contributed by atoms with Gasteiger partial charge >= 0.3 is 0 Å². The topological polar surface area (TPSA) is 63.2 Å². The molecule has 2 aromatic heterocycles. The van der Waals surface area contributed by atoms with Gasteiger partial charge in [0.05, 0.1) is 13.3 Å². The summed E-state index contributed by atoms with van der Waals surface area (Å²) < 4.78 is 7.25. The van der Waals surface area contributed by atoms with Crippen molar-refractivity contribution in [2.75, 3.05) is 7.11 Å². The van der Waals surface area contributed by atoms with Crippen molar-refractivity contribution in [3.8, 4) is 11.9 Å². The van der Waals surface area contributed by atoms with Gasteiger partial charge < -0.3 is 4.74 Å². The first-order chi connectivity index (χ1) is 6.76. The summed E-state index contributed by atoms with van der Waals surface area (Å²) in [5.74, 6) is 0.390. The van der Waals surface area contributed by atoms with Crippen LogP contribution >= 0.6 is 15.9 Å². The molecule has 0 bridgehead atoms. The second kappa shape index (κ2) is 3.27. The standard InChI is InChI=1S/C8H5BrN4O/c1-14-8-7-11-3-5(2-10)13(7)4-6(9)12-8/h3-4H,1H3. The third-order valence-corrected chi connectivity index (χ3v) is 2.12. The van der Waals surface area contributed by atoms with Gasteiger partial charge in [0, 0.05) is 6.20 Å². The number of ether oxygens (including phenoxy) is 1. The normalized spacial score (nSPS) is 10.1. The molecule has 0 aliphatic heterocycles. The number of fused-ring (bicyclic) bond motifs is 1. The smallest absolute Gasteiger partial charge is 0.259 e. The lowest BCUT2D eigenvalue weighted by atomic mass is 10.5. The fourth-order valence-electron chi connectivity index (χ4n) is 1.15. The molecule has 0 unspecified atom stereocenters. The fraction of sp³-hybridized carbons (Fsp3) is 0.125. The molecule has 6 heteroatoms. The third kappa shape index (κ3) is 1.22. The van der Waals surface area contributed by atoms with Crippen molar-refractivity contribution >= 4 is 21.6 Å². The highest BCUT2D eigenvalue weighted by Gasteiger charge is 2.09. The van der Waals surface area contributed by atoms with Crippen LogP contribution in [0.2, 0.25) is 0 Å². The van der Waals surface area contributed by atoms with Crippen molar-refractivity contribution < 1.29 is 4.74 Å². The Kier molecular flexibility index (Phi) is 2.09. The Bertz CT molecular complexity index is 528. The van der Waals surface area contributed by atoms with Gasteiger partial charge in [0.15, 0.2) is 0 Å². The van der Waals surface area contributed by atoms with Gasteiger partial charge in [-0.25, -0.2) is 9.97 Å². The number of methoxy groups -OCH3 is 1. The van der Waals surface area contributed by atoms with Crippen LogP contribution < -0.4 is 4.74 Å². The first kappa shape index (κ1) is 8.97. The maximum atomic E-state index is 8.79. The zero-order chi connectivity index (χ0) is 10.1. The molecule has 2 rings (SSSR count). The average molecular weight is 253 g/mol. The molecule has 2 heterocycles. The minimum absolute atomic E-state index is 0.390. The van der Waals surface area contributed by atoms with Gasteiger partial charge in [-0.3, -0.25) is 4.40 Å². The van der Waals surface area contributed by atoms with Crippen LogP contribution in [0.25, 0.3) is 5.65 Å². The average Bonchev–Trinajstić information content (AvgIpc) is 2.59.